The highest BCUT2D eigenvalue weighted by molar-refractivity contribution is 7.47. The fourth-order valence-corrected chi connectivity index (χ4v) is 12.7. The van der Waals surface area contributed by atoms with E-state index in [1.165, 1.54) is 122 Å². The van der Waals surface area contributed by atoms with E-state index in [0.717, 1.165) is 161 Å². The molecule has 0 aliphatic carbocycles. The van der Waals surface area contributed by atoms with Crippen molar-refractivity contribution in [2.45, 2.75) is 380 Å². The molecule has 0 heterocycles. The summed E-state index contributed by atoms with van der Waals surface area (Å²) in [5, 5.41) is 10.6. The summed E-state index contributed by atoms with van der Waals surface area (Å²) >= 11 is 0. The Balaban J connectivity index is 5.37. The topological polar surface area (TPSA) is 237 Å². The summed E-state index contributed by atoms with van der Waals surface area (Å²) in [6.07, 6.45) is 78.3. The molecule has 3 N–H and O–H groups in total. The zero-order valence-corrected chi connectivity index (χ0v) is 66.6. The highest BCUT2D eigenvalue weighted by atomic mass is 31.2. The van der Waals surface area contributed by atoms with E-state index in [1.54, 1.807) is 0 Å². The van der Waals surface area contributed by atoms with E-state index in [4.69, 9.17) is 37.0 Å². The molecule has 0 amide bonds. The summed E-state index contributed by atoms with van der Waals surface area (Å²) in [6.45, 7) is 4.74. The van der Waals surface area contributed by atoms with Gasteiger partial charge in [-0.05, 0) is 122 Å². The van der Waals surface area contributed by atoms with E-state index < -0.39 is 97.5 Å². The Kier molecular flexibility index (Phi) is 72.7. The van der Waals surface area contributed by atoms with Crippen LogP contribution in [0.15, 0.2) is 85.1 Å². The van der Waals surface area contributed by atoms with Crippen molar-refractivity contribution in [1.29, 1.82) is 0 Å². The number of aliphatic hydroxyl groups is 1. The highest BCUT2D eigenvalue weighted by Crippen LogP contribution is 2.45. The molecule has 0 aliphatic heterocycles. The van der Waals surface area contributed by atoms with E-state index in [2.05, 4.69) is 113 Å². The first kappa shape index (κ1) is 98.2. The zero-order valence-electron chi connectivity index (χ0n) is 64.8. The van der Waals surface area contributed by atoms with Crippen molar-refractivity contribution in [2.24, 2.45) is 0 Å². The minimum absolute atomic E-state index is 0.0808. The lowest BCUT2D eigenvalue weighted by Gasteiger charge is -2.21. The molecule has 592 valence electrons. The van der Waals surface area contributed by atoms with Crippen LogP contribution >= 0.6 is 15.6 Å². The van der Waals surface area contributed by atoms with Crippen molar-refractivity contribution < 1.29 is 80.2 Å². The molecule has 0 aromatic carbocycles. The van der Waals surface area contributed by atoms with Gasteiger partial charge in [0, 0.05) is 25.7 Å². The molecule has 0 spiro atoms. The Morgan fingerprint density at radius 1 is 0.284 bits per heavy atom. The molecule has 0 aliphatic rings. The van der Waals surface area contributed by atoms with Gasteiger partial charge in [0.15, 0.2) is 12.2 Å². The Bertz CT molecular complexity index is 2260. The Labute approximate surface area is 621 Å². The minimum atomic E-state index is -4.98. The lowest BCUT2D eigenvalue weighted by Crippen LogP contribution is -2.30. The Hall–Kier alpha value is -3.76. The predicted molar refractivity (Wildman–Crippen MR) is 418 cm³/mol. The maximum Gasteiger partial charge on any atom is 0.472 e. The summed E-state index contributed by atoms with van der Waals surface area (Å²) in [5.74, 6) is -2.20. The number of phosphoric acid groups is 2. The molecule has 0 aromatic rings. The van der Waals surface area contributed by atoms with Gasteiger partial charge < -0.3 is 33.8 Å². The summed E-state index contributed by atoms with van der Waals surface area (Å²) < 4.78 is 68.7. The second-order valence-corrected chi connectivity index (χ2v) is 30.2. The summed E-state index contributed by atoms with van der Waals surface area (Å²) in [7, 11) is -9.96. The summed E-state index contributed by atoms with van der Waals surface area (Å²) in [6, 6.07) is 0. The number of ether oxygens (including phenoxy) is 4. The van der Waals surface area contributed by atoms with Crippen LogP contribution < -0.4 is 0 Å². The number of carbonyl (C=O) groups is 4. The van der Waals surface area contributed by atoms with Gasteiger partial charge >= 0.3 is 39.5 Å². The van der Waals surface area contributed by atoms with Gasteiger partial charge in [-0.25, -0.2) is 9.13 Å². The maximum atomic E-state index is 13.1. The van der Waals surface area contributed by atoms with Crippen LogP contribution in [0, 0.1) is 0 Å². The number of hydrogen-bond donors (Lipinski definition) is 3. The van der Waals surface area contributed by atoms with Crippen LogP contribution in [-0.4, -0.2) is 96.7 Å². The zero-order chi connectivity index (χ0) is 74.6. The van der Waals surface area contributed by atoms with Crippen LogP contribution in [-0.2, 0) is 65.4 Å². The van der Waals surface area contributed by atoms with Crippen LogP contribution in [0.25, 0.3) is 0 Å². The third kappa shape index (κ3) is 74.5. The van der Waals surface area contributed by atoms with Crippen LogP contribution in [0.5, 0.6) is 0 Å². The molecule has 0 saturated heterocycles. The van der Waals surface area contributed by atoms with Crippen LogP contribution in [0.1, 0.15) is 362 Å². The largest absolute Gasteiger partial charge is 0.472 e. The van der Waals surface area contributed by atoms with Crippen molar-refractivity contribution in [3.63, 3.8) is 0 Å². The molecule has 19 heteroatoms. The third-order valence-electron chi connectivity index (χ3n) is 17.3. The standard InChI is InChI=1S/C83H148O17P2/c1-5-9-13-17-21-25-29-33-37-38-42-44-48-52-56-60-64-68-81(86)94-74-79(100-83(88)70-66-62-58-54-50-46-41-36-32-28-24-20-16-12-8-4)76-98-102(91,92)96-72-77(84)71-95-101(89,90)97-75-78(99-82(87)69-65-61-57-53-49-45-40-35-31-27-23-19-15-11-7-3)73-93-80(85)67-63-59-55-51-47-43-39-34-30-26-22-18-14-10-6-2/h9,13,21-22,25-26,33-34,36-37,39,41-42,44,77-79,84H,5-8,10-12,14-20,23-24,27-32,35,38,40,43,45-76H2,1-4H3,(H,89,90)(H,91,92)/b13-9-,25-21-,26-22-,37-33-,39-34-,41-36-,44-42-. The monoisotopic (exact) mass is 1480 g/mol. The number of allylic oxidation sites excluding steroid dienone is 14. The van der Waals surface area contributed by atoms with Gasteiger partial charge in [-0.15, -0.1) is 0 Å². The normalized spacial score (nSPS) is 14.3. The van der Waals surface area contributed by atoms with Crippen molar-refractivity contribution in [2.75, 3.05) is 39.6 Å². The van der Waals surface area contributed by atoms with Gasteiger partial charge in [0.2, 0.25) is 0 Å². The average molecular weight is 1480 g/mol. The van der Waals surface area contributed by atoms with Gasteiger partial charge in [0.1, 0.15) is 19.3 Å². The molecule has 17 nitrogen and oxygen atoms in total. The van der Waals surface area contributed by atoms with Crippen molar-refractivity contribution in [3.05, 3.63) is 85.1 Å². The quantitative estimate of drug-likeness (QED) is 0.0169. The number of rotatable bonds is 77. The lowest BCUT2D eigenvalue weighted by atomic mass is 10.0. The SMILES string of the molecule is CC/C=C\C/C=C\C/C=C\C/C=C\CCCCCCC(=O)OCC(COP(=O)(O)OCC(O)COP(=O)(O)OCC(COC(=O)CCCCCCC/C=C\C/C=C\CCCCC)OC(=O)CCCCCCCCCCCCCCCCC)OC(=O)CCCCCCC/C=C\CCCCCCCC. The number of hydrogen-bond acceptors (Lipinski definition) is 15. The predicted octanol–water partition coefficient (Wildman–Crippen LogP) is 23.8. The second-order valence-electron chi connectivity index (χ2n) is 27.3. The summed E-state index contributed by atoms with van der Waals surface area (Å²) in [4.78, 5) is 73.1. The van der Waals surface area contributed by atoms with E-state index in [0.29, 0.717) is 25.7 Å². The molecule has 0 saturated carbocycles. The van der Waals surface area contributed by atoms with Gasteiger partial charge in [-0.3, -0.25) is 37.3 Å². The smallest absolute Gasteiger partial charge is 0.462 e. The van der Waals surface area contributed by atoms with Crippen molar-refractivity contribution in [3.8, 4) is 0 Å². The summed E-state index contributed by atoms with van der Waals surface area (Å²) in [5.41, 5.74) is 0. The van der Waals surface area contributed by atoms with Gasteiger partial charge in [-0.1, -0.05) is 299 Å². The number of aliphatic hydroxyl groups excluding tert-OH is 1. The van der Waals surface area contributed by atoms with Crippen molar-refractivity contribution in [1.82, 2.24) is 0 Å². The van der Waals surface area contributed by atoms with E-state index in [1.807, 2.05) is 0 Å². The number of phosphoric ester groups is 2. The Morgan fingerprint density at radius 3 is 0.814 bits per heavy atom. The highest BCUT2D eigenvalue weighted by Gasteiger charge is 2.30. The molecule has 0 aromatic heterocycles. The second kappa shape index (κ2) is 75.5. The van der Waals surface area contributed by atoms with Crippen LogP contribution in [0.2, 0.25) is 0 Å². The molecule has 0 bridgehead atoms. The van der Waals surface area contributed by atoms with E-state index >= 15 is 0 Å². The first-order valence-electron chi connectivity index (χ1n) is 40.8. The molecule has 0 radical (unpaired) electrons. The molecule has 0 fully saturated rings. The first-order chi connectivity index (χ1) is 49.7. The third-order valence-corrected chi connectivity index (χ3v) is 19.2. The minimum Gasteiger partial charge on any atom is -0.462 e. The first-order valence-corrected chi connectivity index (χ1v) is 43.8. The number of carbonyl (C=O) groups excluding carboxylic acids is 4. The molecule has 5 atom stereocenters. The fourth-order valence-electron chi connectivity index (χ4n) is 11.1. The molecule has 102 heavy (non-hydrogen) atoms. The van der Waals surface area contributed by atoms with E-state index in [9.17, 15) is 43.2 Å². The van der Waals surface area contributed by atoms with Gasteiger partial charge in [0.05, 0.1) is 26.4 Å². The number of unbranched alkanes of at least 4 members (excludes halogenated alkanes) is 37. The Morgan fingerprint density at radius 2 is 0.510 bits per heavy atom. The fraction of sp³-hybridized carbons (Fsp3) is 0.783. The molecular weight excluding hydrogens is 1330 g/mol. The maximum absolute atomic E-state index is 13.1. The van der Waals surface area contributed by atoms with Crippen LogP contribution in [0.3, 0.4) is 0 Å². The van der Waals surface area contributed by atoms with Gasteiger partial charge in [0.25, 0.3) is 0 Å². The molecular formula is C83H148O17P2. The molecule has 5 unspecified atom stereocenters. The van der Waals surface area contributed by atoms with Crippen LogP contribution in [0.4, 0.5) is 0 Å². The van der Waals surface area contributed by atoms with Gasteiger partial charge in [-0.2, -0.15) is 0 Å². The lowest BCUT2D eigenvalue weighted by molar-refractivity contribution is -0.161. The van der Waals surface area contributed by atoms with Crippen molar-refractivity contribution >= 4 is 39.5 Å². The molecule has 0 rings (SSSR count). The van der Waals surface area contributed by atoms with E-state index in [-0.39, 0.29) is 25.7 Å². The number of esters is 4. The average Bonchev–Trinajstić information content (AvgIpc) is 0.923.